The molecular formula is C10H16BrN3O. The van der Waals surface area contributed by atoms with Crippen LogP contribution in [0.25, 0.3) is 0 Å². The lowest BCUT2D eigenvalue weighted by atomic mass is 10.0. The van der Waals surface area contributed by atoms with E-state index in [4.69, 9.17) is 5.73 Å². The number of nitrogens with two attached hydrogens (primary N) is 1. The molecule has 4 N–H and O–H groups in total. The van der Waals surface area contributed by atoms with Crippen molar-refractivity contribution in [1.82, 2.24) is 4.98 Å². The zero-order valence-electron chi connectivity index (χ0n) is 8.92. The zero-order chi connectivity index (χ0) is 11.5. The van der Waals surface area contributed by atoms with Crippen molar-refractivity contribution >= 4 is 27.4 Å². The first-order valence-electron chi connectivity index (χ1n) is 4.81. The molecule has 0 aliphatic heterocycles. The molecule has 1 aromatic rings. The molecule has 0 saturated carbocycles. The van der Waals surface area contributed by atoms with Crippen LogP contribution in [0, 0.1) is 0 Å². The van der Waals surface area contributed by atoms with Crippen LogP contribution in [0.2, 0.25) is 0 Å². The fourth-order valence-electron chi connectivity index (χ4n) is 1.07. The number of nitrogen functional groups attached to an aromatic ring is 1. The standard InChI is InChI=1S/C10H16BrN3O/c1-3-10(2,6-15)14-9-8(11)4-7(12)5-13-9/h4-5,15H,3,6,12H2,1-2H3,(H,13,14). The molecule has 1 rings (SSSR count). The monoisotopic (exact) mass is 273 g/mol. The lowest BCUT2D eigenvalue weighted by molar-refractivity contribution is 0.218. The largest absolute Gasteiger partial charge is 0.397 e. The van der Waals surface area contributed by atoms with Gasteiger partial charge < -0.3 is 16.2 Å². The van der Waals surface area contributed by atoms with Crippen molar-refractivity contribution in [2.75, 3.05) is 17.7 Å². The summed E-state index contributed by atoms with van der Waals surface area (Å²) in [6.07, 6.45) is 2.39. The summed E-state index contributed by atoms with van der Waals surface area (Å²) in [7, 11) is 0. The highest BCUT2D eigenvalue weighted by molar-refractivity contribution is 9.10. The van der Waals surface area contributed by atoms with Gasteiger partial charge in [-0.1, -0.05) is 6.92 Å². The first-order valence-corrected chi connectivity index (χ1v) is 5.60. The highest BCUT2D eigenvalue weighted by Gasteiger charge is 2.21. The van der Waals surface area contributed by atoms with Gasteiger partial charge in [0.05, 0.1) is 28.5 Å². The second kappa shape index (κ2) is 4.81. The van der Waals surface area contributed by atoms with Gasteiger partial charge in [-0.25, -0.2) is 4.98 Å². The number of aliphatic hydroxyl groups is 1. The third-order valence-electron chi connectivity index (χ3n) is 2.41. The molecule has 0 aromatic carbocycles. The van der Waals surface area contributed by atoms with Gasteiger partial charge in [0.15, 0.2) is 0 Å². The summed E-state index contributed by atoms with van der Waals surface area (Å²) in [5, 5.41) is 12.4. The van der Waals surface area contributed by atoms with E-state index in [9.17, 15) is 5.11 Å². The van der Waals surface area contributed by atoms with Gasteiger partial charge in [0.2, 0.25) is 0 Å². The Morgan fingerprint density at radius 2 is 2.33 bits per heavy atom. The summed E-state index contributed by atoms with van der Waals surface area (Å²) < 4.78 is 0.802. The number of nitrogens with one attached hydrogen (secondary N) is 1. The van der Waals surface area contributed by atoms with E-state index in [0.29, 0.717) is 11.5 Å². The SMILES string of the molecule is CCC(C)(CO)Nc1ncc(N)cc1Br. The third kappa shape index (κ3) is 3.07. The minimum atomic E-state index is -0.356. The van der Waals surface area contributed by atoms with Crippen LogP contribution in [-0.4, -0.2) is 22.2 Å². The molecule has 0 aliphatic rings. The van der Waals surface area contributed by atoms with Gasteiger partial charge in [0.1, 0.15) is 5.82 Å². The van der Waals surface area contributed by atoms with Gasteiger partial charge >= 0.3 is 0 Å². The second-order valence-corrected chi connectivity index (χ2v) is 4.65. The molecule has 1 aromatic heterocycles. The molecule has 84 valence electrons. The predicted octanol–water partition coefficient (Wildman–Crippen LogP) is 2.00. The van der Waals surface area contributed by atoms with Crippen LogP contribution in [0.3, 0.4) is 0 Å². The van der Waals surface area contributed by atoms with E-state index in [2.05, 4.69) is 26.2 Å². The summed E-state index contributed by atoms with van der Waals surface area (Å²) in [6, 6.07) is 1.78. The highest BCUT2D eigenvalue weighted by atomic mass is 79.9. The Morgan fingerprint density at radius 3 is 2.80 bits per heavy atom. The lowest BCUT2D eigenvalue weighted by Crippen LogP contribution is -2.38. The predicted molar refractivity (Wildman–Crippen MR) is 65.8 cm³/mol. The molecule has 0 bridgehead atoms. The first-order chi connectivity index (χ1) is 7.00. The number of aromatic nitrogens is 1. The molecular weight excluding hydrogens is 258 g/mol. The number of rotatable bonds is 4. The van der Waals surface area contributed by atoms with E-state index in [1.54, 1.807) is 12.3 Å². The molecule has 4 nitrogen and oxygen atoms in total. The Bertz CT molecular complexity index is 339. The Balaban J connectivity index is 2.89. The second-order valence-electron chi connectivity index (χ2n) is 3.80. The van der Waals surface area contributed by atoms with Gasteiger partial charge in [0.25, 0.3) is 0 Å². The minimum absolute atomic E-state index is 0.0575. The molecule has 0 spiro atoms. The summed E-state index contributed by atoms with van der Waals surface area (Å²) in [5.74, 6) is 0.697. The normalized spacial score (nSPS) is 14.7. The van der Waals surface area contributed by atoms with Gasteiger partial charge in [-0.2, -0.15) is 0 Å². The number of hydrogen-bond acceptors (Lipinski definition) is 4. The number of halogens is 1. The lowest BCUT2D eigenvalue weighted by Gasteiger charge is -2.28. The molecule has 1 atom stereocenters. The van der Waals surface area contributed by atoms with E-state index >= 15 is 0 Å². The van der Waals surface area contributed by atoms with E-state index in [1.165, 1.54) is 0 Å². The van der Waals surface area contributed by atoms with Crippen molar-refractivity contribution in [3.05, 3.63) is 16.7 Å². The minimum Gasteiger partial charge on any atom is -0.397 e. The van der Waals surface area contributed by atoms with E-state index in [0.717, 1.165) is 10.9 Å². The number of anilines is 2. The Morgan fingerprint density at radius 1 is 1.67 bits per heavy atom. The van der Waals surface area contributed by atoms with Crippen LogP contribution in [0.4, 0.5) is 11.5 Å². The average molecular weight is 274 g/mol. The maximum absolute atomic E-state index is 9.26. The molecule has 1 heterocycles. The summed E-state index contributed by atoms with van der Waals surface area (Å²) in [4.78, 5) is 4.16. The Labute approximate surface area is 98.0 Å². The number of hydrogen-bond donors (Lipinski definition) is 3. The van der Waals surface area contributed by atoms with Crippen molar-refractivity contribution in [2.24, 2.45) is 0 Å². The van der Waals surface area contributed by atoms with E-state index in [1.807, 2.05) is 13.8 Å². The molecule has 0 saturated heterocycles. The maximum atomic E-state index is 9.26. The Kier molecular flexibility index (Phi) is 3.93. The van der Waals surface area contributed by atoms with Crippen LogP contribution in [-0.2, 0) is 0 Å². The van der Waals surface area contributed by atoms with Crippen LogP contribution in [0.5, 0.6) is 0 Å². The average Bonchev–Trinajstić information content (AvgIpc) is 2.22. The molecule has 15 heavy (non-hydrogen) atoms. The summed E-state index contributed by atoms with van der Waals surface area (Å²) >= 11 is 3.37. The first kappa shape index (κ1) is 12.3. The van der Waals surface area contributed by atoms with Crippen molar-refractivity contribution in [3.8, 4) is 0 Å². The van der Waals surface area contributed by atoms with Crippen molar-refractivity contribution in [2.45, 2.75) is 25.8 Å². The molecule has 1 unspecified atom stereocenters. The topological polar surface area (TPSA) is 71.2 Å². The number of pyridine rings is 1. The fourth-order valence-corrected chi connectivity index (χ4v) is 1.54. The smallest absolute Gasteiger partial charge is 0.140 e. The molecule has 0 radical (unpaired) electrons. The van der Waals surface area contributed by atoms with Gasteiger partial charge in [-0.05, 0) is 35.3 Å². The molecule has 0 aliphatic carbocycles. The van der Waals surface area contributed by atoms with E-state index < -0.39 is 0 Å². The van der Waals surface area contributed by atoms with Gasteiger partial charge in [-0.3, -0.25) is 0 Å². The van der Waals surface area contributed by atoms with Crippen LogP contribution < -0.4 is 11.1 Å². The van der Waals surface area contributed by atoms with Crippen molar-refractivity contribution < 1.29 is 5.11 Å². The zero-order valence-corrected chi connectivity index (χ0v) is 10.5. The quantitative estimate of drug-likeness (QED) is 0.785. The van der Waals surface area contributed by atoms with Crippen LogP contribution in [0.15, 0.2) is 16.7 Å². The summed E-state index contributed by atoms with van der Waals surface area (Å²) in [5.41, 5.74) is 5.84. The van der Waals surface area contributed by atoms with Crippen LogP contribution in [0.1, 0.15) is 20.3 Å². The maximum Gasteiger partial charge on any atom is 0.140 e. The highest BCUT2D eigenvalue weighted by Crippen LogP contribution is 2.25. The fraction of sp³-hybridized carbons (Fsp3) is 0.500. The van der Waals surface area contributed by atoms with Crippen molar-refractivity contribution in [3.63, 3.8) is 0 Å². The number of aliphatic hydroxyl groups excluding tert-OH is 1. The van der Waals surface area contributed by atoms with E-state index in [-0.39, 0.29) is 12.1 Å². The molecule has 5 heteroatoms. The van der Waals surface area contributed by atoms with Crippen molar-refractivity contribution in [1.29, 1.82) is 0 Å². The number of nitrogens with zero attached hydrogens (tertiary/aromatic N) is 1. The summed E-state index contributed by atoms with van der Waals surface area (Å²) in [6.45, 7) is 4.01. The van der Waals surface area contributed by atoms with Crippen LogP contribution >= 0.6 is 15.9 Å². The molecule has 0 amide bonds. The Hall–Kier alpha value is -0.810. The molecule has 0 fully saturated rings. The van der Waals surface area contributed by atoms with Gasteiger partial charge in [0, 0.05) is 0 Å². The third-order valence-corrected chi connectivity index (χ3v) is 3.02. The van der Waals surface area contributed by atoms with Gasteiger partial charge in [-0.15, -0.1) is 0 Å².